The van der Waals surface area contributed by atoms with Crippen LogP contribution in [0.25, 0.3) is 11.1 Å². The predicted octanol–water partition coefficient (Wildman–Crippen LogP) is 4.44. The minimum Gasteiger partial charge on any atom is -0.454 e. The largest absolute Gasteiger partial charge is 0.454 e. The van der Waals surface area contributed by atoms with E-state index in [2.05, 4.69) is 37.9 Å². The molecule has 1 aliphatic rings. The molecule has 0 N–H and O–H groups in total. The molecular weight excluding hydrogens is 290 g/mol. The summed E-state index contributed by atoms with van der Waals surface area (Å²) in [6, 6.07) is 12.2. The minimum atomic E-state index is 0.102. The molecule has 0 spiro atoms. The molecule has 23 heavy (non-hydrogen) atoms. The third kappa shape index (κ3) is 2.65. The first-order chi connectivity index (χ1) is 11.0. The highest BCUT2D eigenvalue weighted by atomic mass is 16.7. The quantitative estimate of drug-likeness (QED) is 0.702. The van der Waals surface area contributed by atoms with Crippen molar-refractivity contribution in [2.75, 3.05) is 6.79 Å². The number of oxazole rings is 1. The maximum absolute atomic E-state index is 5.88. The Balaban J connectivity index is 1.64. The summed E-state index contributed by atoms with van der Waals surface area (Å²) in [5, 5.41) is 0. The monoisotopic (exact) mass is 309 g/mol. The Morgan fingerprint density at radius 1 is 1.00 bits per heavy atom. The highest BCUT2D eigenvalue weighted by Crippen LogP contribution is 2.33. The molecule has 0 atom stereocenters. The van der Waals surface area contributed by atoms with Crippen molar-refractivity contribution in [3.8, 4) is 11.5 Å². The smallest absolute Gasteiger partial charge is 0.231 e. The maximum atomic E-state index is 5.88. The lowest BCUT2D eigenvalue weighted by molar-refractivity contribution is 0.174. The van der Waals surface area contributed by atoms with Crippen LogP contribution in [-0.4, -0.2) is 11.8 Å². The number of nitrogens with zero attached hydrogens (tertiary/aromatic N) is 1. The summed E-state index contributed by atoms with van der Waals surface area (Å²) >= 11 is 0. The normalized spacial score (nSPS) is 13.7. The Morgan fingerprint density at radius 2 is 1.83 bits per heavy atom. The fourth-order valence-corrected chi connectivity index (χ4v) is 2.74. The fraction of sp³-hybridized carbons (Fsp3) is 0.316. The van der Waals surface area contributed by atoms with Crippen LogP contribution >= 0.6 is 0 Å². The van der Waals surface area contributed by atoms with Gasteiger partial charge in [-0.15, -0.1) is 0 Å². The van der Waals surface area contributed by atoms with Gasteiger partial charge in [-0.3, -0.25) is 0 Å². The Kier molecular flexibility index (Phi) is 3.08. The van der Waals surface area contributed by atoms with Gasteiger partial charge in [0.05, 0.1) is 0 Å². The number of hydrogen-bond donors (Lipinski definition) is 0. The summed E-state index contributed by atoms with van der Waals surface area (Å²) in [7, 11) is 0. The van der Waals surface area contributed by atoms with E-state index < -0.39 is 0 Å². The highest BCUT2D eigenvalue weighted by Gasteiger charge is 2.17. The van der Waals surface area contributed by atoms with Crippen molar-refractivity contribution in [1.82, 2.24) is 4.98 Å². The van der Waals surface area contributed by atoms with Gasteiger partial charge in [-0.05, 0) is 40.8 Å². The molecule has 3 aromatic rings. The Morgan fingerprint density at radius 3 is 2.65 bits per heavy atom. The lowest BCUT2D eigenvalue weighted by Gasteiger charge is -2.18. The van der Waals surface area contributed by atoms with Gasteiger partial charge in [0.25, 0.3) is 0 Å². The average Bonchev–Trinajstić information content (AvgIpc) is 3.10. The third-order valence-electron chi connectivity index (χ3n) is 4.09. The van der Waals surface area contributed by atoms with Crippen molar-refractivity contribution in [2.24, 2.45) is 0 Å². The number of hydrogen-bond acceptors (Lipinski definition) is 4. The van der Waals surface area contributed by atoms with Gasteiger partial charge in [-0.1, -0.05) is 32.9 Å². The summed E-state index contributed by atoms with van der Waals surface area (Å²) in [5.41, 5.74) is 4.19. The zero-order valence-corrected chi connectivity index (χ0v) is 13.6. The summed E-state index contributed by atoms with van der Waals surface area (Å²) in [6.07, 6.45) is 0.635. The van der Waals surface area contributed by atoms with Gasteiger partial charge in [0.2, 0.25) is 6.79 Å². The zero-order chi connectivity index (χ0) is 16.0. The molecule has 1 aliphatic heterocycles. The predicted molar refractivity (Wildman–Crippen MR) is 88.1 cm³/mol. The van der Waals surface area contributed by atoms with Crippen molar-refractivity contribution in [3.05, 3.63) is 53.4 Å². The molecule has 4 nitrogen and oxygen atoms in total. The molecule has 0 saturated heterocycles. The number of fused-ring (bicyclic) bond motifs is 2. The van der Waals surface area contributed by atoms with Crippen LogP contribution in [0.4, 0.5) is 0 Å². The van der Waals surface area contributed by atoms with Crippen molar-refractivity contribution in [1.29, 1.82) is 0 Å². The maximum Gasteiger partial charge on any atom is 0.231 e. The standard InChI is InChI=1S/C19H19NO3/c1-19(2,3)13-5-7-15-14(10-13)20-18(23-15)9-12-4-6-16-17(8-12)22-11-21-16/h4-8,10H,9,11H2,1-3H3. The van der Waals surface area contributed by atoms with Gasteiger partial charge in [-0.25, -0.2) is 4.98 Å². The molecule has 4 rings (SSSR count). The van der Waals surface area contributed by atoms with Crippen LogP contribution in [0.1, 0.15) is 37.8 Å². The number of ether oxygens (including phenoxy) is 2. The molecule has 0 amide bonds. The lowest BCUT2D eigenvalue weighted by atomic mass is 9.87. The van der Waals surface area contributed by atoms with Crippen molar-refractivity contribution in [3.63, 3.8) is 0 Å². The van der Waals surface area contributed by atoms with Crippen LogP contribution in [0.3, 0.4) is 0 Å². The molecule has 0 radical (unpaired) electrons. The number of aromatic nitrogens is 1. The average molecular weight is 309 g/mol. The zero-order valence-electron chi connectivity index (χ0n) is 13.6. The first-order valence-corrected chi connectivity index (χ1v) is 7.77. The van der Waals surface area contributed by atoms with Crippen molar-refractivity contribution < 1.29 is 13.9 Å². The van der Waals surface area contributed by atoms with Crippen LogP contribution in [0, 0.1) is 0 Å². The molecule has 0 fully saturated rings. The Labute approximate surface area is 135 Å². The van der Waals surface area contributed by atoms with Crippen molar-refractivity contribution >= 4 is 11.1 Å². The van der Waals surface area contributed by atoms with Crippen LogP contribution in [0.15, 0.2) is 40.8 Å². The molecule has 1 aromatic heterocycles. The number of benzene rings is 2. The molecule has 0 bridgehead atoms. The van der Waals surface area contributed by atoms with Gasteiger partial charge < -0.3 is 13.9 Å². The molecular formula is C19H19NO3. The first-order valence-electron chi connectivity index (χ1n) is 7.77. The highest BCUT2D eigenvalue weighted by molar-refractivity contribution is 5.74. The molecule has 0 aliphatic carbocycles. The molecule has 0 unspecified atom stereocenters. The van der Waals surface area contributed by atoms with E-state index >= 15 is 0 Å². The topological polar surface area (TPSA) is 44.5 Å². The minimum absolute atomic E-state index is 0.102. The van der Waals surface area contributed by atoms with Crippen LogP contribution in [-0.2, 0) is 11.8 Å². The Hall–Kier alpha value is -2.49. The van der Waals surface area contributed by atoms with E-state index in [1.807, 2.05) is 24.3 Å². The molecule has 118 valence electrons. The van der Waals surface area contributed by atoms with Gasteiger partial charge in [-0.2, -0.15) is 0 Å². The molecule has 0 saturated carbocycles. The lowest BCUT2D eigenvalue weighted by Crippen LogP contribution is -2.10. The summed E-state index contributed by atoms with van der Waals surface area (Å²) < 4.78 is 16.6. The Bertz CT molecular complexity index is 874. The van der Waals surface area contributed by atoms with E-state index in [1.54, 1.807) is 0 Å². The first kappa shape index (κ1) is 14.1. The van der Waals surface area contributed by atoms with Crippen LogP contribution in [0.5, 0.6) is 11.5 Å². The van der Waals surface area contributed by atoms with E-state index in [4.69, 9.17) is 13.9 Å². The number of rotatable bonds is 2. The SMILES string of the molecule is CC(C)(C)c1ccc2oc(Cc3ccc4c(c3)OCO4)nc2c1. The van der Waals surface area contributed by atoms with Crippen molar-refractivity contribution in [2.45, 2.75) is 32.6 Å². The van der Waals surface area contributed by atoms with Gasteiger partial charge in [0.15, 0.2) is 23.0 Å². The summed E-state index contributed by atoms with van der Waals surface area (Å²) in [6.45, 7) is 6.88. The van der Waals surface area contributed by atoms with E-state index in [0.29, 0.717) is 12.3 Å². The van der Waals surface area contributed by atoms with Gasteiger partial charge >= 0.3 is 0 Å². The van der Waals surface area contributed by atoms with Gasteiger partial charge in [0.1, 0.15) is 5.52 Å². The van der Waals surface area contributed by atoms with Crippen LogP contribution < -0.4 is 9.47 Å². The third-order valence-corrected chi connectivity index (χ3v) is 4.09. The molecule has 2 aromatic carbocycles. The molecule has 4 heteroatoms. The second-order valence-corrected chi connectivity index (χ2v) is 6.90. The second kappa shape index (κ2) is 5.01. The summed E-state index contributed by atoms with van der Waals surface area (Å²) in [5.74, 6) is 2.29. The van der Waals surface area contributed by atoms with E-state index in [9.17, 15) is 0 Å². The van der Waals surface area contributed by atoms with E-state index in [1.165, 1.54) is 5.56 Å². The van der Waals surface area contributed by atoms with Crippen LogP contribution in [0.2, 0.25) is 0 Å². The fourth-order valence-electron chi connectivity index (χ4n) is 2.74. The van der Waals surface area contributed by atoms with Gasteiger partial charge in [0, 0.05) is 6.42 Å². The molecule has 2 heterocycles. The van der Waals surface area contributed by atoms with E-state index in [-0.39, 0.29) is 12.2 Å². The summed E-state index contributed by atoms with van der Waals surface area (Å²) in [4.78, 5) is 4.64. The van der Waals surface area contributed by atoms with E-state index in [0.717, 1.165) is 28.2 Å². The second-order valence-electron chi connectivity index (χ2n) is 6.90.